The summed E-state index contributed by atoms with van der Waals surface area (Å²) < 4.78 is 8.14. The molecule has 0 bridgehead atoms. The molecule has 6 heteroatoms. The lowest BCUT2D eigenvalue weighted by molar-refractivity contribution is 0.0919. The lowest BCUT2D eigenvalue weighted by Gasteiger charge is -2.23. The largest absolute Gasteiger partial charge is 0.489 e. The van der Waals surface area contributed by atoms with E-state index in [-0.39, 0.29) is 17.8 Å². The number of hydrogen-bond donors (Lipinski definition) is 3. The Morgan fingerprint density at radius 1 is 0.900 bits per heavy atom. The van der Waals surface area contributed by atoms with Crippen LogP contribution in [0.3, 0.4) is 0 Å². The number of carbonyl (C=O) groups excluding carboxylic acids is 1. The first-order valence-electron chi connectivity index (χ1n) is 14.0. The second kappa shape index (κ2) is 11.3. The minimum atomic E-state index is -0.0516. The van der Waals surface area contributed by atoms with Crippen LogP contribution in [0.25, 0.3) is 21.7 Å². The lowest BCUT2D eigenvalue weighted by atomic mass is 9.95. The number of amidine groups is 1. The Morgan fingerprint density at radius 2 is 1.73 bits per heavy atom. The number of rotatable bonds is 8. The van der Waals surface area contributed by atoms with E-state index in [1.807, 2.05) is 54.6 Å². The molecule has 5 aromatic rings. The molecule has 1 fully saturated rings. The molecule has 1 amide bonds. The Morgan fingerprint density at radius 3 is 2.52 bits per heavy atom. The predicted octanol–water partition coefficient (Wildman–Crippen LogP) is 6.77. The van der Waals surface area contributed by atoms with Crippen molar-refractivity contribution in [3.8, 4) is 5.75 Å². The summed E-state index contributed by atoms with van der Waals surface area (Å²) in [5.41, 5.74) is 10.2. The molecule has 1 saturated carbocycles. The monoisotopic (exact) mass is 530 g/mol. The summed E-state index contributed by atoms with van der Waals surface area (Å²) in [7, 11) is 0. The van der Waals surface area contributed by atoms with E-state index < -0.39 is 0 Å². The van der Waals surface area contributed by atoms with Crippen LogP contribution in [0.5, 0.6) is 5.75 Å². The summed E-state index contributed by atoms with van der Waals surface area (Å²) in [5, 5.41) is 14.4. The number of ether oxygens (including phenoxy) is 1. The standard InChI is InChI=1S/C34H34N4O2/c35-33(36)26-15-14-25-19-32(34(39)37-28-12-5-2-6-13-28)38(31(25)20-26)21-27-11-7-10-24-18-29(16-17-30(24)27)40-22-23-8-3-1-4-9-23/h1,3-4,7-11,14-20,28H,2,5-6,12-13,21-22H2,(H3,35,36)(H,37,39). The van der Waals surface area contributed by atoms with Gasteiger partial charge >= 0.3 is 0 Å². The summed E-state index contributed by atoms with van der Waals surface area (Å²) in [5.74, 6) is 0.777. The molecule has 4 aromatic carbocycles. The van der Waals surface area contributed by atoms with Crippen LogP contribution in [-0.4, -0.2) is 22.4 Å². The number of carbonyl (C=O) groups is 1. The highest BCUT2D eigenvalue weighted by molar-refractivity contribution is 6.02. The first kappa shape index (κ1) is 25.7. The maximum Gasteiger partial charge on any atom is 0.268 e. The third-order valence-electron chi connectivity index (χ3n) is 7.91. The van der Waals surface area contributed by atoms with Crippen molar-refractivity contribution in [1.82, 2.24) is 9.88 Å². The number of nitrogens with two attached hydrogens (primary N) is 1. The smallest absolute Gasteiger partial charge is 0.268 e. The number of hydrogen-bond acceptors (Lipinski definition) is 3. The van der Waals surface area contributed by atoms with Crippen LogP contribution in [0.15, 0.2) is 91.0 Å². The second-order valence-electron chi connectivity index (χ2n) is 10.7. The molecule has 1 aliphatic rings. The summed E-state index contributed by atoms with van der Waals surface area (Å²) in [4.78, 5) is 13.6. The maximum absolute atomic E-state index is 13.6. The van der Waals surface area contributed by atoms with Gasteiger partial charge in [0, 0.05) is 29.1 Å². The van der Waals surface area contributed by atoms with E-state index in [9.17, 15) is 4.79 Å². The molecular formula is C34H34N4O2. The first-order chi connectivity index (χ1) is 19.5. The normalized spacial score (nSPS) is 13.9. The molecule has 0 atom stereocenters. The lowest BCUT2D eigenvalue weighted by Crippen LogP contribution is -2.37. The van der Waals surface area contributed by atoms with E-state index in [4.69, 9.17) is 15.9 Å². The van der Waals surface area contributed by atoms with Crippen molar-refractivity contribution in [1.29, 1.82) is 5.41 Å². The highest BCUT2D eigenvalue weighted by atomic mass is 16.5. The zero-order chi connectivity index (χ0) is 27.5. The minimum Gasteiger partial charge on any atom is -0.489 e. The van der Waals surface area contributed by atoms with Crippen molar-refractivity contribution in [2.75, 3.05) is 0 Å². The van der Waals surface area contributed by atoms with Crippen molar-refractivity contribution >= 4 is 33.4 Å². The average Bonchev–Trinajstić information content (AvgIpc) is 3.35. The Hall–Kier alpha value is -4.58. The van der Waals surface area contributed by atoms with Gasteiger partial charge in [-0.25, -0.2) is 0 Å². The molecule has 4 N–H and O–H groups in total. The molecule has 6 nitrogen and oxygen atoms in total. The SMILES string of the molecule is N=C(N)c1ccc2cc(C(=O)NC3CCCCC3)n(Cc3cccc4cc(OCc5ccccc5)ccc34)c2c1. The van der Waals surface area contributed by atoms with Crippen LogP contribution in [0.2, 0.25) is 0 Å². The van der Waals surface area contributed by atoms with Gasteiger partial charge < -0.3 is 20.4 Å². The van der Waals surface area contributed by atoms with E-state index in [0.717, 1.165) is 64.2 Å². The van der Waals surface area contributed by atoms with Crippen molar-refractivity contribution in [2.45, 2.75) is 51.3 Å². The zero-order valence-corrected chi connectivity index (χ0v) is 22.5. The van der Waals surface area contributed by atoms with Crippen LogP contribution in [0.1, 0.15) is 59.3 Å². The summed E-state index contributed by atoms with van der Waals surface area (Å²) >= 11 is 0. The molecule has 40 heavy (non-hydrogen) atoms. The maximum atomic E-state index is 13.6. The topological polar surface area (TPSA) is 93.1 Å². The molecule has 6 rings (SSSR count). The predicted molar refractivity (Wildman–Crippen MR) is 161 cm³/mol. The van der Waals surface area contributed by atoms with E-state index in [1.165, 1.54) is 6.42 Å². The van der Waals surface area contributed by atoms with Crippen molar-refractivity contribution in [3.05, 3.63) is 113 Å². The molecule has 0 aliphatic heterocycles. The quantitative estimate of drug-likeness (QED) is 0.153. The number of benzene rings is 4. The van der Waals surface area contributed by atoms with Gasteiger partial charge in [-0.2, -0.15) is 0 Å². The van der Waals surface area contributed by atoms with E-state index >= 15 is 0 Å². The van der Waals surface area contributed by atoms with E-state index in [0.29, 0.717) is 24.4 Å². The average molecular weight is 531 g/mol. The van der Waals surface area contributed by atoms with Crippen molar-refractivity contribution < 1.29 is 9.53 Å². The van der Waals surface area contributed by atoms with Crippen molar-refractivity contribution in [3.63, 3.8) is 0 Å². The van der Waals surface area contributed by atoms with Crippen LogP contribution in [0, 0.1) is 5.41 Å². The van der Waals surface area contributed by atoms with Gasteiger partial charge in [0.15, 0.2) is 0 Å². The second-order valence-corrected chi connectivity index (χ2v) is 10.7. The molecule has 0 unspecified atom stereocenters. The molecule has 0 radical (unpaired) electrons. The summed E-state index contributed by atoms with van der Waals surface area (Å²) in [6.07, 6.45) is 5.60. The van der Waals surface area contributed by atoms with Gasteiger partial charge in [-0.15, -0.1) is 0 Å². The summed E-state index contributed by atoms with van der Waals surface area (Å²) in [6.45, 7) is 1.03. The Balaban J connectivity index is 1.34. The fourth-order valence-electron chi connectivity index (χ4n) is 5.75. The van der Waals surface area contributed by atoms with Gasteiger partial charge in [-0.3, -0.25) is 10.2 Å². The zero-order valence-electron chi connectivity index (χ0n) is 22.5. The van der Waals surface area contributed by atoms with E-state index in [1.54, 1.807) is 0 Å². The first-order valence-corrected chi connectivity index (χ1v) is 14.0. The number of aromatic nitrogens is 1. The van der Waals surface area contributed by atoms with Crippen LogP contribution in [-0.2, 0) is 13.2 Å². The molecular weight excluding hydrogens is 496 g/mol. The Labute approximate surface area is 234 Å². The highest BCUT2D eigenvalue weighted by Crippen LogP contribution is 2.29. The fourth-order valence-corrected chi connectivity index (χ4v) is 5.75. The van der Waals surface area contributed by atoms with E-state index in [2.05, 4.69) is 46.3 Å². The van der Waals surface area contributed by atoms with Gasteiger partial charge in [0.25, 0.3) is 5.91 Å². The number of fused-ring (bicyclic) bond motifs is 2. The molecule has 0 saturated heterocycles. The molecule has 1 heterocycles. The number of amides is 1. The molecule has 1 aromatic heterocycles. The van der Waals surface area contributed by atoms with Gasteiger partial charge in [0.05, 0.1) is 0 Å². The van der Waals surface area contributed by atoms with Crippen LogP contribution < -0.4 is 15.8 Å². The summed E-state index contributed by atoms with van der Waals surface area (Å²) in [6, 6.07) is 30.4. The van der Waals surface area contributed by atoms with Gasteiger partial charge in [0.2, 0.25) is 0 Å². The number of nitrogens with zero attached hydrogens (tertiary/aromatic N) is 1. The van der Waals surface area contributed by atoms with Gasteiger partial charge in [-0.1, -0.05) is 86.0 Å². The Kier molecular flexibility index (Phi) is 7.23. The number of nitrogen functional groups attached to an aromatic ring is 1. The molecule has 202 valence electrons. The van der Waals surface area contributed by atoms with Crippen LogP contribution in [0.4, 0.5) is 0 Å². The molecule has 1 aliphatic carbocycles. The fraction of sp³-hybridized carbons (Fsp3) is 0.235. The molecule has 0 spiro atoms. The Bertz CT molecular complexity index is 1680. The third-order valence-corrected chi connectivity index (χ3v) is 7.91. The van der Waals surface area contributed by atoms with Crippen LogP contribution >= 0.6 is 0 Å². The van der Waals surface area contributed by atoms with Crippen molar-refractivity contribution in [2.24, 2.45) is 5.73 Å². The highest BCUT2D eigenvalue weighted by Gasteiger charge is 2.21. The third kappa shape index (κ3) is 5.43. The number of nitrogens with one attached hydrogen (secondary N) is 2. The van der Waals surface area contributed by atoms with Gasteiger partial charge in [-0.05, 0) is 59.0 Å². The minimum absolute atomic E-state index is 0.0102. The van der Waals surface area contributed by atoms with Gasteiger partial charge in [0.1, 0.15) is 23.9 Å².